The highest BCUT2D eigenvalue weighted by atomic mass is 16.5. The van der Waals surface area contributed by atoms with Crippen molar-refractivity contribution in [2.45, 2.75) is 32.1 Å². The molecule has 170 valence electrons. The molecule has 1 N–H and O–H groups in total. The van der Waals surface area contributed by atoms with Gasteiger partial charge in [-0.1, -0.05) is 48.0 Å². The highest BCUT2D eigenvalue weighted by Gasteiger charge is 2.49. The quantitative estimate of drug-likeness (QED) is 0.455. The lowest BCUT2D eigenvalue weighted by molar-refractivity contribution is -0.130. The van der Waals surface area contributed by atoms with Gasteiger partial charge in [-0.15, -0.1) is 0 Å². The van der Waals surface area contributed by atoms with Gasteiger partial charge in [-0.3, -0.25) is 9.69 Å². The third-order valence-electron chi connectivity index (χ3n) is 6.92. The van der Waals surface area contributed by atoms with Crippen molar-refractivity contribution in [1.82, 2.24) is 14.9 Å². The van der Waals surface area contributed by atoms with Crippen LogP contribution in [0, 0.1) is 6.92 Å². The van der Waals surface area contributed by atoms with Gasteiger partial charge < -0.3 is 9.72 Å². The first-order chi connectivity index (χ1) is 16.6. The summed E-state index contributed by atoms with van der Waals surface area (Å²) in [6.07, 6.45) is 2.17. The summed E-state index contributed by atoms with van der Waals surface area (Å²) in [5, 5.41) is 7.58. The number of carbonyl (C=O) groups excluding carboxylic acids is 1. The molecule has 1 amide bonds. The SMILES string of the molecule is COc1ccc(C=NN2C(=O)[C@H]3Cc4c([nH]c5ccccc45)CN3C2c2ccc(C)cc2)cc1. The minimum Gasteiger partial charge on any atom is -0.497 e. The Kier molecular flexibility index (Phi) is 4.96. The van der Waals surface area contributed by atoms with E-state index in [1.165, 1.54) is 22.2 Å². The summed E-state index contributed by atoms with van der Waals surface area (Å²) in [6, 6.07) is 24.2. The molecule has 6 nitrogen and oxygen atoms in total. The van der Waals surface area contributed by atoms with Crippen LogP contribution in [0.25, 0.3) is 10.9 Å². The van der Waals surface area contributed by atoms with Crippen LogP contribution < -0.4 is 4.74 Å². The second-order valence-electron chi connectivity index (χ2n) is 9.00. The van der Waals surface area contributed by atoms with Crippen LogP contribution in [0.2, 0.25) is 0 Å². The topological polar surface area (TPSA) is 60.9 Å². The van der Waals surface area contributed by atoms with Gasteiger partial charge in [-0.2, -0.15) is 5.10 Å². The zero-order chi connectivity index (χ0) is 23.2. The highest BCUT2D eigenvalue weighted by molar-refractivity contribution is 5.90. The Morgan fingerprint density at radius 1 is 1.03 bits per heavy atom. The van der Waals surface area contributed by atoms with Crippen LogP contribution in [0.1, 0.15) is 34.1 Å². The number of amides is 1. The lowest BCUT2D eigenvalue weighted by atomic mass is 9.96. The Morgan fingerprint density at radius 3 is 2.56 bits per heavy atom. The van der Waals surface area contributed by atoms with Crippen LogP contribution in [0.3, 0.4) is 0 Å². The van der Waals surface area contributed by atoms with E-state index in [-0.39, 0.29) is 18.1 Å². The van der Waals surface area contributed by atoms with E-state index in [4.69, 9.17) is 9.84 Å². The Morgan fingerprint density at radius 2 is 1.79 bits per heavy atom. The molecule has 34 heavy (non-hydrogen) atoms. The van der Waals surface area contributed by atoms with Gasteiger partial charge in [0.1, 0.15) is 11.9 Å². The monoisotopic (exact) mass is 450 g/mol. The normalized spacial score (nSPS) is 20.2. The third kappa shape index (κ3) is 3.38. The van der Waals surface area contributed by atoms with Crippen molar-refractivity contribution in [3.63, 3.8) is 0 Å². The number of aryl methyl sites for hydroxylation is 1. The van der Waals surface area contributed by atoms with Crippen LogP contribution >= 0.6 is 0 Å². The van der Waals surface area contributed by atoms with E-state index < -0.39 is 0 Å². The Bertz CT molecular complexity index is 1390. The van der Waals surface area contributed by atoms with E-state index in [0.29, 0.717) is 13.0 Å². The fourth-order valence-electron chi connectivity index (χ4n) is 5.14. The maximum absolute atomic E-state index is 13.7. The van der Waals surface area contributed by atoms with Gasteiger partial charge in [-0.05, 0) is 60.4 Å². The van der Waals surface area contributed by atoms with Crippen molar-refractivity contribution in [1.29, 1.82) is 0 Å². The molecule has 2 aliphatic heterocycles. The number of hydrogen-bond acceptors (Lipinski definition) is 4. The summed E-state index contributed by atoms with van der Waals surface area (Å²) in [5.41, 5.74) is 6.72. The number of fused-ring (bicyclic) bond motifs is 4. The number of carbonyl (C=O) groups is 1. The Labute approximate surface area is 198 Å². The fourth-order valence-corrected chi connectivity index (χ4v) is 5.14. The Hall–Kier alpha value is -3.90. The number of H-pyrrole nitrogens is 1. The molecule has 1 saturated heterocycles. The number of para-hydroxylation sites is 1. The number of methoxy groups -OCH3 is 1. The smallest absolute Gasteiger partial charge is 0.262 e. The summed E-state index contributed by atoms with van der Waals surface area (Å²) >= 11 is 0. The molecule has 0 aliphatic carbocycles. The zero-order valence-corrected chi connectivity index (χ0v) is 19.2. The van der Waals surface area contributed by atoms with Crippen molar-refractivity contribution < 1.29 is 9.53 Å². The first-order valence-electron chi connectivity index (χ1n) is 11.5. The maximum atomic E-state index is 13.7. The van der Waals surface area contributed by atoms with E-state index in [2.05, 4.69) is 59.3 Å². The molecule has 1 aromatic heterocycles. The number of rotatable bonds is 4. The lowest BCUT2D eigenvalue weighted by Crippen LogP contribution is -2.39. The van der Waals surface area contributed by atoms with E-state index in [1.807, 2.05) is 30.3 Å². The van der Waals surface area contributed by atoms with Crippen LogP contribution in [0.4, 0.5) is 0 Å². The van der Waals surface area contributed by atoms with Crippen molar-refractivity contribution in [3.05, 3.63) is 101 Å². The second kappa shape index (κ2) is 8.15. The van der Waals surface area contributed by atoms with Gasteiger partial charge in [-0.25, -0.2) is 5.01 Å². The molecule has 6 rings (SSSR count). The standard InChI is InChI=1S/C28H26N4O2/c1-18-7-11-20(12-8-18)27-31-17-25-23(22-5-3-4-6-24(22)30-25)15-26(31)28(33)32(27)29-16-19-9-13-21(34-2)14-10-19/h3-14,16,26-27,30H,15,17H2,1-2H3/t26-,27?/m1/s1. The summed E-state index contributed by atoms with van der Waals surface area (Å²) < 4.78 is 5.25. The number of aromatic nitrogens is 1. The van der Waals surface area contributed by atoms with Crippen molar-refractivity contribution in [2.24, 2.45) is 5.10 Å². The lowest BCUT2D eigenvalue weighted by Gasteiger charge is -2.32. The molecular weight excluding hydrogens is 424 g/mol. The Balaban J connectivity index is 1.39. The van der Waals surface area contributed by atoms with Crippen LogP contribution in [0.15, 0.2) is 77.9 Å². The average molecular weight is 451 g/mol. The van der Waals surface area contributed by atoms with E-state index >= 15 is 0 Å². The van der Waals surface area contributed by atoms with Gasteiger partial charge in [0.05, 0.1) is 19.4 Å². The summed E-state index contributed by atoms with van der Waals surface area (Å²) in [4.78, 5) is 19.6. The first kappa shape index (κ1) is 20.7. The van der Waals surface area contributed by atoms with Gasteiger partial charge in [0.15, 0.2) is 0 Å². The fraction of sp³-hybridized carbons (Fsp3) is 0.214. The van der Waals surface area contributed by atoms with Gasteiger partial charge >= 0.3 is 0 Å². The highest BCUT2D eigenvalue weighted by Crippen LogP contribution is 2.42. The first-order valence-corrected chi connectivity index (χ1v) is 11.5. The second-order valence-corrected chi connectivity index (χ2v) is 9.00. The van der Waals surface area contributed by atoms with Gasteiger partial charge in [0, 0.05) is 23.1 Å². The number of hydrazone groups is 1. The van der Waals surface area contributed by atoms with Crippen molar-refractivity contribution in [2.75, 3.05) is 7.11 Å². The molecule has 2 atom stereocenters. The van der Waals surface area contributed by atoms with Crippen LogP contribution in [-0.4, -0.2) is 40.2 Å². The summed E-state index contributed by atoms with van der Waals surface area (Å²) in [5.74, 6) is 0.823. The molecule has 1 unspecified atom stereocenters. The minimum absolute atomic E-state index is 0.0336. The summed E-state index contributed by atoms with van der Waals surface area (Å²) in [7, 11) is 1.65. The molecule has 6 heteroatoms. The van der Waals surface area contributed by atoms with E-state index in [9.17, 15) is 4.79 Å². The third-order valence-corrected chi connectivity index (χ3v) is 6.92. The molecule has 1 fully saturated rings. The predicted octanol–water partition coefficient (Wildman–Crippen LogP) is 4.79. The van der Waals surface area contributed by atoms with E-state index in [1.54, 1.807) is 18.3 Å². The predicted molar refractivity (Wildman–Crippen MR) is 133 cm³/mol. The maximum Gasteiger partial charge on any atom is 0.262 e. The zero-order valence-electron chi connectivity index (χ0n) is 19.2. The number of benzene rings is 3. The minimum atomic E-state index is -0.257. The van der Waals surface area contributed by atoms with Crippen molar-refractivity contribution >= 4 is 23.0 Å². The molecule has 0 bridgehead atoms. The number of ether oxygens (including phenoxy) is 1. The largest absolute Gasteiger partial charge is 0.497 e. The van der Waals surface area contributed by atoms with Gasteiger partial charge in [0.25, 0.3) is 5.91 Å². The van der Waals surface area contributed by atoms with Crippen molar-refractivity contribution in [3.8, 4) is 5.75 Å². The molecule has 0 radical (unpaired) electrons. The molecule has 0 saturated carbocycles. The number of nitrogens with one attached hydrogen (secondary N) is 1. The molecule has 0 spiro atoms. The molecular formula is C28H26N4O2. The summed E-state index contributed by atoms with van der Waals surface area (Å²) in [6.45, 7) is 2.75. The molecule has 3 heterocycles. The number of nitrogens with zero attached hydrogens (tertiary/aromatic N) is 3. The number of hydrogen-bond donors (Lipinski definition) is 1. The van der Waals surface area contributed by atoms with Crippen LogP contribution in [-0.2, 0) is 17.8 Å². The average Bonchev–Trinajstić information content (AvgIpc) is 3.36. The molecule has 2 aliphatic rings. The van der Waals surface area contributed by atoms with Crippen LogP contribution in [0.5, 0.6) is 5.75 Å². The molecule has 3 aromatic carbocycles. The van der Waals surface area contributed by atoms with Gasteiger partial charge in [0.2, 0.25) is 0 Å². The van der Waals surface area contributed by atoms with E-state index in [0.717, 1.165) is 22.4 Å². The molecule has 4 aromatic rings. The number of aromatic amines is 1.